The van der Waals surface area contributed by atoms with Gasteiger partial charge in [-0.3, -0.25) is 0 Å². The minimum Gasteiger partial charge on any atom is -0.345 e. The number of urea groups is 1. The molecule has 130 valence electrons. The minimum atomic E-state index is -0.283. The van der Waals surface area contributed by atoms with Crippen molar-refractivity contribution in [2.45, 2.75) is 0 Å². The fourth-order valence-electron chi connectivity index (χ4n) is 2.57. The number of thiocarbonyl (C=S) groups is 1. The Morgan fingerprint density at radius 3 is 2.04 bits per heavy atom. The fraction of sp³-hybridized carbons (Fsp3) is 0.222. The van der Waals surface area contributed by atoms with Crippen molar-refractivity contribution in [3.8, 4) is 0 Å². The molecule has 7 heteroatoms. The average molecular weight is 358 g/mol. The summed E-state index contributed by atoms with van der Waals surface area (Å²) in [5.74, 6) is -0.283. The van der Waals surface area contributed by atoms with Crippen molar-refractivity contribution < 1.29 is 9.18 Å². The largest absolute Gasteiger partial charge is 0.345 e. The van der Waals surface area contributed by atoms with Crippen LogP contribution < -0.4 is 10.6 Å². The van der Waals surface area contributed by atoms with Gasteiger partial charge in [0.2, 0.25) is 0 Å². The Bertz CT molecular complexity index is 731. The summed E-state index contributed by atoms with van der Waals surface area (Å²) in [7, 11) is 0. The first-order valence-electron chi connectivity index (χ1n) is 8.04. The molecule has 0 atom stereocenters. The monoisotopic (exact) mass is 358 g/mol. The van der Waals surface area contributed by atoms with E-state index in [9.17, 15) is 9.18 Å². The molecule has 3 rings (SSSR count). The van der Waals surface area contributed by atoms with Crippen molar-refractivity contribution in [2.24, 2.45) is 0 Å². The highest BCUT2D eigenvalue weighted by Crippen LogP contribution is 2.12. The summed E-state index contributed by atoms with van der Waals surface area (Å²) in [4.78, 5) is 16.1. The Morgan fingerprint density at radius 1 is 0.840 bits per heavy atom. The molecule has 0 aliphatic carbocycles. The highest BCUT2D eigenvalue weighted by atomic mass is 32.1. The number of carbonyl (C=O) groups is 1. The smallest absolute Gasteiger partial charge is 0.321 e. The Morgan fingerprint density at radius 2 is 1.40 bits per heavy atom. The van der Waals surface area contributed by atoms with Gasteiger partial charge in [0.05, 0.1) is 0 Å². The van der Waals surface area contributed by atoms with Crippen molar-refractivity contribution in [1.82, 2.24) is 9.80 Å². The second-order valence-corrected chi connectivity index (χ2v) is 6.09. The van der Waals surface area contributed by atoms with Gasteiger partial charge in [-0.1, -0.05) is 18.2 Å². The summed E-state index contributed by atoms with van der Waals surface area (Å²) < 4.78 is 12.9. The zero-order valence-corrected chi connectivity index (χ0v) is 14.4. The molecule has 0 unspecified atom stereocenters. The van der Waals surface area contributed by atoms with E-state index < -0.39 is 0 Å². The number of anilines is 2. The molecule has 25 heavy (non-hydrogen) atoms. The molecule has 1 aliphatic rings. The second kappa shape index (κ2) is 7.94. The lowest BCUT2D eigenvalue weighted by molar-refractivity contribution is 0.182. The van der Waals surface area contributed by atoms with Gasteiger partial charge in [0.1, 0.15) is 5.82 Å². The molecule has 0 radical (unpaired) electrons. The summed E-state index contributed by atoms with van der Waals surface area (Å²) in [5.41, 5.74) is 1.53. The van der Waals surface area contributed by atoms with Crippen LogP contribution in [0.15, 0.2) is 54.6 Å². The third-order valence-corrected chi connectivity index (χ3v) is 4.33. The van der Waals surface area contributed by atoms with Gasteiger partial charge in [-0.2, -0.15) is 0 Å². The SMILES string of the molecule is O=C(Nc1ccccc1)N1CCN(C(=S)Nc2ccc(F)cc2)CC1. The molecule has 2 aromatic carbocycles. The van der Waals surface area contributed by atoms with Gasteiger partial charge < -0.3 is 20.4 Å². The zero-order valence-electron chi connectivity index (χ0n) is 13.6. The van der Waals surface area contributed by atoms with Gasteiger partial charge in [-0.15, -0.1) is 0 Å². The molecule has 2 N–H and O–H groups in total. The van der Waals surface area contributed by atoms with Crippen LogP contribution in [0.2, 0.25) is 0 Å². The fourth-order valence-corrected chi connectivity index (χ4v) is 2.87. The molecule has 1 heterocycles. The number of halogens is 1. The van der Waals surface area contributed by atoms with Crippen LogP contribution in [0.3, 0.4) is 0 Å². The summed E-state index contributed by atoms with van der Waals surface area (Å²) in [5, 5.41) is 6.56. The van der Waals surface area contributed by atoms with E-state index in [1.807, 2.05) is 35.2 Å². The third-order valence-electron chi connectivity index (χ3n) is 3.97. The summed E-state index contributed by atoms with van der Waals surface area (Å²) in [6.07, 6.45) is 0. The number of piperazine rings is 1. The molecule has 0 bridgehead atoms. The Labute approximate surface area is 151 Å². The second-order valence-electron chi connectivity index (χ2n) is 5.71. The van der Waals surface area contributed by atoms with Gasteiger partial charge in [-0.25, -0.2) is 9.18 Å². The predicted octanol–water partition coefficient (Wildman–Crippen LogP) is 3.37. The van der Waals surface area contributed by atoms with Gasteiger partial charge in [0.25, 0.3) is 0 Å². The van der Waals surface area contributed by atoms with E-state index in [0.717, 1.165) is 11.4 Å². The van der Waals surface area contributed by atoms with Crippen LogP contribution in [0.25, 0.3) is 0 Å². The number of carbonyl (C=O) groups excluding carboxylic acids is 1. The number of amides is 2. The van der Waals surface area contributed by atoms with E-state index in [0.29, 0.717) is 31.3 Å². The van der Waals surface area contributed by atoms with Gasteiger partial charge in [-0.05, 0) is 48.6 Å². The van der Waals surface area contributed by atoms with Crippen LogP contribution in [0, 0.1) is 5.82 Å². The lowest BCUT2D eigenvalue weighted by Crippen LogP contribution is -2.52. The van der Waals surface area contributed by atoms with E-state index in [1.54, 1.807) is 17.0 Å². The van der Waals surface area contributed by atoms with Crippen LogP contribution in [0.1, 0.15) is 0 Å². The van der Waals surface area contributed by atoms with Crippen LogP contribution in [0.4, 0.5) is 20.6 Å². The van der Waals surface area contributed by atoms with Crippen molar-refractivity contribution >= 4 is 34.7 Å². The molecule has 0 spiro atoms. The van der Waals surface area contributed by atoms with Crippen molar-refractivity contribution in [2.75, 3.05) is 36.8 Å². The molecular weight excluding hydrogens is 339 g/mol. The van der Waals surface area contributed by atoms with Crippen LogP contribution in [-0.2, 0) is 0 Å². The molecule has 2 amide bonds. The Hall–Kier alpha value is -2.67. The normalized spacial score (nSPS) is 14.1. The number of para-hydroxylation sites is 1. The topological polar surface area (TPSA) is 47.6 Å². The lowest BCUT2D eigenvalue weighted by Gasteiger charge is -2.36. The molecule has 2 aromatic rings. The highest BCUT2D eigenvalue weighted by molar-refractivity contribution is 7.80. The maximum absolute atomic E-state index is 12.9. The number of rotatable bonds is 2. The number of benzene rings is 2. The first kappa shape index (κ1) is 17.2. The number of hydrogen-bond donors (Lipinski definition) is 2. The van der Waals surface area contributed by atoms with Crippen LogP contribution >= 0.6 is 12.2 Å². The number of nitrogens with zero attached hydrogens (tertiary/aromatic N) is 2. The molecule has 0 aromatic heterocycles. The lowest BCUT2D eigenvalue weighted by atomic mass is 10.3. The predicted molar refractivity (Wildman–Crippen MR) is 101 cm³/mol. The van der Waals surface area contributed by atoms with E-state index in [-0.39, 0.29) is 11.8 Å². The van der Waals surface area contributed by atoms with Crippen LogP contribution in [0.5, 0.6) is 0 Å². The van der Waals surface area contributed by atoms with Crippen LogP contribution in [-0.4, -0.2) is 47.1 Å². The maximum atomic E-state index is 12.9. The molecule has 1 fully saturated rings. The van der Waals surface area contributed by atoms with E-state index >= 15 is 0 Å². The summed E-state index contributed by atoms with van der Waals surface area (Å²) in [6.45, 7) is 2.47. The van der Waals surface area contributed by atoms with E-state index in [2.05, 4.69) is 10.6 Å². The average Bonchev–Trinajstić information content (AvgIpc) is 2.64. The van der Waals surface area contributed by atoms with Gasteiger partial charge in [0.15, 0.2) is 5.11 Å². The molecule has 5 nitrogen and oxygen atoms in total. The zero-order chi connectivity index (χ0) is 17.6. The first-order valence-corrected chi connectivity index (χ1v) is 8.45. The number of hydrogen-bond acceptors (Lipinski definition) is 2. The highest BCUT2D eigenvalue weighted by Gasteiger charge is 2.22. The number of nitrogens with one attached hydrogen (secondary N) is 2. The summed E-state index contributed by atoms with van der Waals surface area (Å²) in [6, 6.07) is 15.3. The quantitative estimate of drug-likeness (QED) is 0.808. The van der Waals surface area contributed by atoms with Gasteiger partial charge in [0, 0.05) is 37.6 Å². The Balaban J connectivity index is 1.48. The van der Waals surface area contributed by atoms with Gasteiger partial charge >= 0.3 is 6.03 Å². The first-order chi connectivity index (χ1) is 12.1. The molecule has 0 saturated carbocycles. The van der Waals surface area contributed by atoms with Crippen molar-refractivity contribution in [1.29, 1.82) is 0 Å². The summed E-state index contributed by atoms with van der Waals surface area (Å²) >= 11 is 5.40. The standard InChI is InChI=1S/C18H19FN4OS/c19-14-6-8-16(9-7-14)21-18(25)23-12-10-22(11-13-23)17(24)20-15-4-2-1-3-5-15/h1-9H,10-13H2,(H,20,24)(H,21,25). The van der Waals surface area contributed by atoms with E-state index in [1.165, 1.54) is 12.1 Å². The molecular formula is C18H19FN4OS. The van der Waals surface area contributed by atoms with Crippen molar-refractivity contribution in [3.63, 3.8) is 0 Å². The third kappa shape index (κ3) is 4.67. The van der Waals surface area contributed by atoms with E-state index in [4.69, 9.17) is 12.2 Å². The van der Waals surface area contributed by atoms with Crippen molar-refractivity contribution in [3.05, 3.63) is 60.4 Å². The molecule has 1 aliphatic heterocycles. The maximum Gasteiger partial charge on any atom is 0.321 e. The molecule has 1 saturated heterocycles. The minimum absolute atomic E-state index is 0.108. The Kier molecular flexibility index (Phi) is 5.45.